The van der Waals surface area contributed by atoms with Gasteiger partial charge in [0.25, 0.3) is 0 Å². The Balaban J connectivity index is 2.04. The van der Waals surface area contributed by atoms with E-state index in [4.69, 9.17) is 0 Å². The van der Waals surface area contributed by atoms with Gasteiger partial charge in [0.05, 0.1) is 5.52 Å². The zero-order chi connectivity index (χ0) is 21.4. The van der Waals surface area contributed by atoms with Gasteiger partial charge in [0.2, 0.25) is 0 Å². The second-order valence-electron chi connectivity index (χ2n) is 7.92. The van der Waals surface area contributed by atoms with Gasteiger partial charge in [0.15, 0.2) is 5.60 Å². The number of alkyl halides is 3. The number of aliphatic hydroxyl groups is 1. The highest BCUT2D eigenvalue weighted by Gasteiger charge is 2.56. The van der Waals surface area contributed by atoms with E-state index in [1.54, 1.807) is 50.2 Å². The summed E-state index contributed by atoms with van der Waals surface area (Å²) in [6.45, 7) is 3.16. The number of benzene rings is 2. The van der Waals surface area contributed by atoms with Crippen molar-refractivity contribution in [2.24, 2.45) is 0 Å². The van der Waals surface area contributed by atoms with E-state index in [0.29, 0.717) is 26.5 Å². The van der Waals surface area contributed by atoms with Gasteiger partial charge in [0.1, 0.15) is 5.75 Å². The predicted molar refractivity (Wildman–Crippen MR) is 110 cm³/mol. The first kappa shape index (κ1) is 21.6. The van der Waals surface area contributed by atoms with Crippen LogP contribution in [0.5, 0.6) is 5.75 Å². The van der Waals surface area contributed by atoms with Crippen molar-refractivity contribution >= 4 is 26.8 Å². The van der Waals surface area contributed by atoms with E-state index < -0.39 is 30.0 Å². The first-order chi connectivity index (χ1) is 13.4. The Bertz CT molecular complexity index is 1030. The number of nitrogens with zero attached hydrogens (tertiary/aromatic N) is 1. The predicted octanol–water partition coefficient (Wildman–Crippen LogP) is 5.91. The molecule has 0 aliphatic rings. The number of pyridine rings is 1. The monoisotopic (exact) mass is 467 g/mol. The quantitative estimate of drug-likeness (QED) is 0.490. The molecule has 0 aliphatic carbocycles. The molecule has 3 nitrogen and oxygen atoms in total. The van der Waals surface area contributed by atoms with E-state index in [-0.39, 0.29) is 5.75 Å². The van der Waals surface area contributed by atoms with Crippen molar-refractivity contribution in [1.29, 1.82) is 0 Å². The third kappa shape index (κ3) is 4.41. The molecule has 0 spiro atoms. The molecule has 0 fully saturated rings. The number of hydrogen-bond acceptors (Lipinski definition) is 3. The molecule has 1 atom stereocenters. The molecule has 0 saturated carbocycles. The van der Waals surface area contributed by atoms with Crippen LogP contribution < -0.4 is 0 Å². The molecule has 29 heavy (non-hydrogen) atoms. The number of aromatic hydroxyl groups is 1. The van der Waals surface area contributed by atoms with E-state index >= 15 is 0 Å². The van der Waals surface area contributed by atoms with Gasteiger partial charge in [-0.3, -0.25) is 4.98 Å². The second kappa shape index (κ2) is 7.61. The standard InChI is InChI=1S/C22H21BrF3NO2/c1-20(2,17-11-15(23)7-8-19(17)28)13-21(29,22(24,25)26)12-14-9-10-27-18-6-4-3-5-16(14)18/h3-11,28-29H,12-13H2,1-2H3. The summed E-state index contributed by atoms with van der Waals surface area (Å²) in [5, 5.41) is 21.7. The molecule has 1 unspecified atom stereocenters. The molecule has 1 aromatic heterocycles. The van der Waals surface area contributed by atoms with Crippen LogP contribution >= 0.6 is 15.9 Å². The summed E-state index contributed by atoms with van der Waals surface area (Å²) in [6, 6.07) is 13.0. The lowest BCUT2D eigenvalue weighted by atomic mass is 9.72. The number of phenolic OH excluding ortho intramolecular Hbond substituents is 1. The molecule has 0 bridgehead atoms. The minimum absolute atomic E-state index is 0.114. The molecule has 0 aliphatic heterocycles. The van der Waals surface area contributed by atoms with E-state index in [9.17, 15) is 23.4 Å². The highest BCUT2D eigenvalue weighted by Crippen LogP contribution is 2.45. The van der Waals surface area contributed by atoms with Crippen molar-refractivity contribution in [3.63, 3.8) is 0 Å². The van der Waals surface area contributed by atoms with Gasteiger partial charge in [-0.25, -0.2) is 0 Å². The number of hydrogen-bond donors (Lipinski definition) is 2. The van der Waals surface area contributed by atoms with Crippen LogP contribution in [-0.4, -0.2) is 27.0 Å². The lowest BCUT2D eigenvalue weighted by molar-refractivity contribution is -0.266. The maximum absolute atomic E-state index is 14.1. The normalized spacial score (nSPS) is 14.7. The Morgan fingerprint density at radius 2 is 1.72 bits per heavy atom. The fourth-order valence-corrected chi connectivity index (χ4v) is 4.12. The van der Waals surface area contributed by atoms with Crippen LogP contribution in [0.4, 0.5) is 13.2 Å². The molecular weight excluding hydrogens is 447 g/mol. The van der Waals surface area contributed by atoms with Crippen molar-refractivity contribution in [2.45, 2.75) is 43.9 Å². The van der Waals surface area contributed by atoms with Crippen molar-refractivity contribution in [3.8, 4) is 5.75 Å². The van der Waals surface area contributed by atoms with Crippen LogP contribution in [0, 0.1) is 0 Å². The minimum Gasteiger partial charge on any atom is -0.508 e. The molecule has 3 aromatic rings. The summed E-state index contributed by atoms with van der Waals surface area (Å²) in [6.07, 6.45) is -4.65. The Kier molecular flexibility index (Phi) is 5.66. The third-order valence-corrected chi connectivity index (χ3v) is 5.67. The summed E-state index contributed by atoms with van der Waals surface area (Å²) in [4.78, 5) is 4.18. The second-order valence-corrected chi connectivity index (χ2v) is 8.83. The maximum Gasteiger partial charge on any atom is 0.417 e. The number of rotatable bonds is 5. The van der Waals surface area contributed by atoms with Gasteiger partial charge in [-0.05, 0) is 47.7 Å². The Hall–Kier alpha value is -2.12. The Morgan fingerprint density at radius 3 is 2.41 bits per heavy atom. The van der Waals surface area contributed by atoms with Crippen molar-refractivity contribution < 1.29 is 23.4 Å². The molecule has 3 rings (SSSR count). The zero-order valence-corrected chi connectivity index (χ0v) is 17.5. The van der Waals surface area contributed by atoms with Crippen LogP contribution in [0.15, 0.2) is 59.2 Å². The van der Waals surface area contributed by atoms with Crippen LogP contribution in [-0.2, 0) is 11.8 Å². The minimum atomic E-state index is -4.86. The average Bonchev–Trinajstić information content (AvgIpc) is 2.62. The van der Waals surface area contributed by atoms with Crippen molar-refractivity contribution in [3.05, 3.63) is 70.3 Å². The van der Waals surface area contributed by atoms with Crippen molar-refractivity contribution in [1.82, 2.24) is 4.98 Å². The first-order valence-electron chi connectivity index (χ1n) is 9.04. The van der Waals surface area contributed by atoms with Gasteiger partial charge < -0.3 is 10.2 Å². The highest BCUT2D eigenvalue weighted by atomic mass is 79.9. The number of fused-ring (bicyclic) bond motifs is 1. The van der Waals surface area contributed by atoms with Crippen LogP contribution in [0.25, 0.3) is 10.9 Å². The van der Waals surface area contributed by atoms with Crippen molar-refractivity contribution in [2.75, 3.05) is 0 Å². The third-order valence-electron chi connectivity index (χ3n) is 5.17. The van der Waals surface area contributed by atoms with E-state index in [2.05, 4.69) is 20.9 Å². The van der Waals surface area contributed by atoms with Crippen LogP contribution in [0.3, 0.4) is 0 Å². The molecule has 2 aromatic carbocycles. The lowest BCUT2D eigenvalue weighted by Crippen LogP contribution is -2.50. The van der Waals surface area contributed by atoms with E-state index in [0.717, 1.165) is 0 Å². The van der Waals surface area contributed by atoms with E-state index in [1.807, 2.05) is 0 Å². The number of halogens is 4. The molecular formula is C22H21BrF3NO2. The molecule has 154 valence electrons. The molecule has 1 heterocycles. The van der Waals surface area contributed by atoms with Gasteiger partial charge in [-0.15, -0.1) is 0 Å². The zero-order valence-electron chi connectivity index (χ0n) is 16.0. The van der Waals surface area contributed by atoms with E-state index in [1.165, 1.54) is 18.3 Å². The summed E-state index contributed by atoms with van der Waals surface area (Å²) < 4.78 is 42.9. The highest BCUT2D eigenvalue weighted by molar-refractivity contribution is 9.10. The number of phenols is 1. The molecule has 0 amide bonds. The molecule has 2 N–H and O–H groups in total. The van der Waals surface area contributed by atoms with Gasteiger partial charge in [0, 0.05) is 28.0 Å². The largest absolute Gasteiger partial charge is 0.508 e. The molecule has 0 saturated heterocycles. The summed E-state index contributed by atoms with van der Waals surface area (Å²) in [7, 11) is 0. The SMILES string of the molecule is CC(C)(CC(O)(Cc1ccnc2ccccc12)C(F)(F)F)c1cc(Br)ccc1O. The number of aromatic nitrogens is 1. The fraction of sp³-hybridized carbons (Fsp3) is 0.318. The smallest absolute Gasteiger partial charge is 0.417 e. The first-order valence-corrected chi connectivity index (χ1v) is 9.83. The average molecular weight is 468 g/mol. The van der Waals surface area contributed by atoms with Gasteiger partial charge in [-0.2, -0.15) is 13.2 Å². The Labute approximate surface area is 175 Å². The Morgan fingerprint density at radius 1 is 1.03 bits per heavy atom. The number of para-hydroxylation sites is 1. The summed E-state index contributed by atoms with van der Waals surface area (Å²) in [5.41, 5.74) is -2.88. The topological polar surface area (TPSA) is 53.4 Å². The lowest BCUT2D eigenvalue weighted by Gasteiger charge is -2.38. The fourth-order valence-electron chi connectivity index (χ4n) is 3.76. The van der Waals surface area contributed by atoms with Gasteiger partial charge >= 0.3 is 6.18 Å². The van der Waals surface area contributed by atoms with Crippen LogP contribution in [0.1, 0.15) is 31.4 Å². The summed E-state index contributed by atoms with van der Waals surface area (Å²) in [5.74, 6) is -0.114. The van der Waals surface area contributed by atoms with Crippen LogP contribution in [0.2, 0.25) is 0 Å². The molecule has 0 radical (unpaired) electrons. The van der Waals surface area contributed by atoms with Gasteiger partial charge in [-0.1, -0.05) is 48.0 Å². The maximum atomic E-state index is 14.1. The summed E-state index contributed by atoms with van der Waals surface area (Å²) >= 11 is 3.29. The molecule has 7 heteroatoms.